The molecule has 0 fully saturated rings. The van der Waals surface area contributed by atoms with Gasteiger partial charge in [0.1, 0.15) is 6.10 Å². The molecule has 0 aromatic heterocycles. The molecule has 0 spiro atoms. The predicted octanol–water partition coefficient (Wildman–Crippen LogP) is 13.8. The molecule has 3 heteroatoms. The SMILES string of the molecule is CCCCC/C=C\C/C=C\C/C=C\CCCCCC(CCCCC/C=C\C/C=C\C/C=C\CCCCC)OC=O.CCCCN(C)C. The zero-order chi connectivity index (χ0) is 34.7. The molecule has 0 amide bonds. The first-order chi connectivity index (χ1) is 23.1. The third-order valence-corrected chi connectivity index (χ3v) is 8.04. The molecule has 0 rings (SSSR count). The number of allylic oxidation sites excluding steroid dienone is 12. The molecular weight excluding hydrogens is 574 g/mol. The average Bonchev–Trinajstić information content (AvgIpc) is 3.07. The van der Waals surface area contributed by atoms with Gasteiger partial charge >= 0.3 is 0 Å². The minimum Gasteiger partial charge on any atom is -0.465 e. The lowest BCUT2D eigenvalue weighted by atomic mass is 10.0. The fourth-order valence-electron chi connectivity index (χ4n) is 5.04. The van der Waals surface area contributed by atoms with Crippen LogP contribution in [0.25, 0.3) is 0 Å². The average molecular weight is 654 g/mol. The summed E-state index contributed by atoms with van der Waals surface area (Å²) in [6.45, 7) is 8.58. The van der Waals surface area contributed by atoms with E-state index in [0.717, 1.165) is 64.2 Å². The molecule has 0 atom stereocenters. The molecule has 272 valence electrons. The summed E-state index contributed by atoms with van der Waals surface area (Å²) >= 11 is 0. The number of ether oxygens (including phenoxy) is 1. The Labute approximate surface area is 294 Å². The molecule has 0 saturated heterocycles. The Morgan fingerprint density at radius 1 is 0.447 bits per heavy atom. The van der Waals surface area contributed by atoms with Crippen LogP contribution in [0.2, 0.25) is 0 Å². The summed E-state index contributed by atoms with van der Waals surface area (Å²) in [4.78, 5) is 13.1. The van der Waals surface area contributed by atoms with Gasteiger partial charge < -0.3 is 9.64 Å². The van der Waals surface area contributed by atoms with Crippen molar-refractivity contribution < 1.29 is 9.53 Å². The maximum Gasteiger partial charge on any atom is 0.293 e. The number of rotatable bonds is 33. The summed E-state index contributed by atoms with van der Waals surface area (Å²) in [6.07, 6.45) is 56.1. The van der Waals surface area contributed by atoms with Gasteiger partial charge in [-0.3, -0.25) is 4.79 Å². The van der Waals surface area contributed by atoms with Crippen LogP contribution in [0.1, 0.15) is 175 Å². The van der Waals surface area contributed by atoms with Crippen LogP contribution in [0.3, 0.4) is 0 Å². The number of carbonyl (C=O) groups excluding carboxylic acids is 1. The minimum atomic E-state index is 0.0975. The summed E-state index contributed by atoms with van der Waals surface area (Å²) in [5, 5.41) is 0. The number of nitrogens with zero attached hydrogens (tertiary/aromatic N) is 1. The fraction of sp³-hybridized carbons (Fsp3) is 0.705. The van der Waals surface area contributed by atoms with E-state index in [1.54, 1.807) is 0 Å². The van der Waals surface area contributed by atoms with Gasteiger partial charge in [0, 0.05) is 0 Å². The standard InChI is InChI=1S/C38H64O2.C6H15N/c1-3-5-7-9-11-13-15-17-19-21-23-25-27-29-31-33-35-38(40-37-39)36-34-32-30-28-26-24-22-20-18-16-14-12-10-8-6-4-2;1-4-5-6-7(2)3/h11-14,17-20,23-26,37-38H,3-10,15-16,21-22,27-36H2,1-2H3;4-6H2,1-3H3/b13-11-,14-12-,19-17-,20-18-,25-23-,26-24-;. The Balaban J connectivity index is 0. The first kappa shape index (κ1) is 47.0. The van der Waals surface area contributed by atoms with E-state index in [4.69, 9.17) is 4.74 Å². The molecule has 0 aliphatic heterocycles. The molecule has 47 heavy (non-hydrogen) atoms. The van der Waals surface area contributed by atoms with Crippen LogP contribution in [-0.2, 0) is 9.53 Å². The van der Waals surface area contributed by atoms with Crippen LogP contribution in [0.4, 0.5) is 0 Å². The smallest absolute Gasteiger partial charge is 0.293 e. The largest absolute Gasteiger partial charge is 0.465 e. The Hall–Kier alpha value is -2.13. The number of hydrogen-bond donors (Lipinski definition) is 0. The van der Waals surface area contributed by atoms with E-state index in [2.05, 4.69) is 113 Å². The number of hydrogen-bond acceptors (Lipinski definition) is 3. The van der Waals surface area contributed by atoms with Crippen LogP contribution >= 0.6 is 0 Å². The summed E-state index contributed by atoms with van der Waals surface area (Å²) in [7, 11) is 4.21. The molecule has 0 aliphatic rings. The lowest BCUT2D eigenvalue weighted by Gasteiger charge is -2.14. The van der Waals surface area contributed by atoms with Gasteiger partial charge in [0.2, 0.25) is 0 Å². The molecule has 0 aliphatic carbocycles. The van der Waals surface area contributed by atoms with Crippen molar-refractivity contribution in [3.63, 3.8) is 0 Å². The van der Waals surface area contributed by atoms with E-state index in [1.807, 2.05) is 0 Å². The highest BCUT2D eigenvalue weighted by atomic mass is 16.5. The molecule has 0 saturated carbocycles. The maximum absolute atomic E-state index is 10.9. The quantitative estimate of drug-likeness (QED) is 0.0401. The van der Waals surface area contributed by atoms with Gasteiger partial charge in [0.15, 0.2) is 0 Å². The van der Waals surface area contributed by atoms with Crippen LogP contribution in [-0.4, -0.2) is 38.1 Å². The molecule has 0 bridgehead atoms. The highest BCUT2D eigenvalue weighted by molar-refractivity contribution is 5.37. The first-order valence-corrected chi connectivity index (χ1v) is 19.8. The van der Waals surface area contributed by atoms with Crippen LogP contribution < -0.4 is 0 Å². The van der Waals surface area contributed by atoms with Gasteiger partial charge in [-0.1, -0.05) is 139 Å². The Bertz CT molecular complexity index is 720. The zero-order valence-corrected chi connectivity index (χ0v) is 32.0. The van der Waals surface area contributed by atoms with Crippen molar-refractivity contribution in [2.24, 2.45) is 0 Å². The lowest BCUT2D eigenvalue weighted by molar-refractivity contribution is -0.134. The monoisotopic (exact) mass is 654 g/mol. The summed E-state index contributed by atoms with van der Waals surface area (Å²) < 4.78 is 5.36. The van der Waals surface area contributed by atoms with E-state index in [9.17, 15) is 4.79 Å². The van der Waals surface area contributed by atoms with E-state index < -0.39 is 0 Å². The van der Waals surface area contributed by atoms with Crippen molar-refractivity contribution in [3.8, 4) is 0 Å². The highest BCUT2D eigenvalue weighted by Crippen LogP contribution is 2.15. The third kappa shape index (κ3) is 46.0. The van der Waals surface area contributed by atoms with Crippen molar-refractivity contribution in [2.75, 3.05) is 20.6 Å². The number of carbonyl (C=O) groups is 1. The zero-order valence-electron chi connectivity index (χ0n) is 32.0. The molecule has 3 nitrogen and oxygen atoms in total. The topological polar surface area (TPSA) is 29.5 Å². The van der Waals surface area contributed by atoms with E-state index in [0.29, 0.717) is 6.47 Å². The molecule has 0 aromatic rings. The minimum absolute atomic E-state index is 0.0975. The van der Waals surface area contributed by atoms with E-state index in [-0.39, 0.29) is 6.10 Å². The maximum atomic E-state index is 10.9. The lowest BCUT2D eigenvalue weighted by Crippen LogP contribution is -2.12. The fourth-order valence-corrected chi connectivity index (χ4v) is 5.04. The second-order valence-electron chi connectivity index (χ2n) is 13.0. The van der Waals surface area contributed by atoms with Gasteiger partial charge in [-0.2, -0.15) is 0 Å². The Morgan fingerprint density at radius 2 is 0.787 bits per heavy atom. The van der Waals surface area contributed by atoms with Crippen molar-refractivity contribution in [1.29, 1.82) is 0 Å². The predicted molar refractivity (Wildman–Crippen MR) is 212 cm³/mol. The molecular formula is C44H79NO2. The highest BCUT2D eigenvalue weighted by Gasteiger charge is 2.08. The third-order valence-electron chi connectivity index (χ3n) is 8.04. The summed E-state index contributed by atoms with van der Waals surface area (Å²) in [5.41, 5.74) is 0. The van der Waals surface area contributed by atoms with Gasteiger partial charge in [0.25, 0.3) is 6.47 Å². The van der Waals surface area contributed by atoms with Crippen LogP contribution in [0.5, 0.6) is 0 Å². The number of unbranched alkanes of at least 4 members (excludes halogenated alkanes) is 13. The normalized spacial score (nSPS) is 12.3. The van der Waals surface area contributed by atoms with E-state index >= 15 is 0 Å². The van der Waals surface area contributed by atoms with Crippen molar-refractivity contribution >= 4 is 6.47 Å². The molecule has 0 unspecified atom stereocenters. The van der Waals surface area contributed by atoms with Gasteiger partial charge in [-0.05, 0) is 130 Å². The van der Waals surface area contributed by atoms with Gasteiger partial charge in [0.05, 0.1) is 0 Å². The Kier molecular flexibility index (Phi) is 43.9. The Morgan fingerprint density at radius 3 is 1.09 bits per heavy atom. The first-order valence-electron chi connectivity index (χ1n) is 19.8. The van der Waals surface area contributed by atoms with Crippen LogP contribution in [0.15, 0.2) is 72.9 Å². The second kappa shape index (κ2) is 43.9. The molecule has 0 heterocycles. The van der Waals surface area contributed by atoms with E-state index in [1.165, 1.54) is 96.4 Å². The van der Waals surface area contributed by atoms with Gasteiger partial charge in [-0.25, -0.2) is 0 Å². The van der Waals surface area contributed by atoms with Gasteiger partial charge in [-0.15, -0.1) is 0 Å². The second-order valence-corrected chi connectivity index (χ2v) is 13.0. The van der Waals surface area contributed by atoms with Crippen molar-refractivity contribution in [2.45, 2.75) is 181 Å². The summed E-state index contributed by atoms with van der Waals surface area (Å²) in [5.74, 6) is 0. The van der Waals surface area contributed by atoms with Crippen molar-refractivity contribution in [3.05, 3.63) is 72.9 Å². The van der Waals surface area contributed by atoms with Crippen molar-refractivity contribution in [1.82, 2.24) is 4.90 Å². The van der Waals surface area contributed by atoms with Crippen LogP contribution in [0, 0.1) is 0 Å². The molecule has 0 N–H and O–H groups in total. The molecule has 0 aromatic carbocycles. The molecule has 0 radical (unpaired) electrons. The summed E-state index contributed by atoms with van der Waals surface area (Å²) in [6, 6.07) is 0.